The highest BCUT2D eigenvalue weighted by Gasteiger charge is 2.32. The molecule has 13 heteroatoms. The van der Waals surface area contributed by atoms with Crippen molar-refractivity contribution >= 4 is 29.6 Å². The predicted octanol–water partition coefficient (Wildman–Crippen LogP) is -4.24. The molecule has 0 saturated carbocycles. The molecule has 0 aliphatic heterocycles. The Kier molecular flexibility index (Phi) is 11.4. The van der Waals surface area contributed by atoms with E-state index in [1.54, 1.807) is 13.8 Å². The highest BCUT2D eigenvalue weighted by molar-refractivity contribution is 5.95. The molecule has 5 atom stereocenters. The van der Waals surface area contributed by atoms with Gasteiger partial charge in [-0.1, -0.05) is 20.3 Å². The largest absolute Gasteiger partial charge is 0.480 e. The normalized spacial score (nSPS) is 15.9. The fourth-order valence-electron chi connectivity index (χ4n) is 2.19. The van der Waals surface area contributed by atoms with Gasteiger partial charge in [0.1, 0.15) is 18.1 Å². The molecule has 0 heterocycles. The summed E-state index contributed by atoms with van der Waals surface area (Å²) in [6.07, 6.45) is -0.0455. The van der Waals surface area contributed by atoms with E-state index in [0.717, 1.165) is 0 Å². The SMILES string of the molecule is CCC(C)C(NC(=O)C(CO)NC(=O)C(N)CC(N)=O)C(=O)NC(CO)C(=O)O. The molecule has 5 unspecified atom stereocenters. The monoisotopic (exact) mass is 419 g/mol. The number of carboxylic acids is 1. The van der Waals surface area contributed by atoms with Crippen molar-refractivity contribution in [1.29, 1.82) is 0 Å². The van der Waals surface area contributed by atoms with Crippen LogP contribution in [-0.4, -0.2) is 82.3 Å². The van der Waals surface area contributed by atoms with Gasteiger partial charge in [-0.05, 0) is 5.92 Å². The van der Waals surface area contributed by atoms with Crippen molar-refractivity contribution in [3.05, 3.63) is 0 Å². The summed E-state index contributed by atoms with van der Waals surface area (Å²) in [5.41, 5.74) is 10.4. The number of aliphatic hydroxyl groups is 2. The molecular formula is C16H29N5O8. The molecule has 0 bridgehead atoms. The number of aliphatic carboxylic acids is 1. The van der Waals surface area contributed by atoms with Gasteiger partial charge < -0.3 is 42.7 Å². The van der Waals surface area contributed by atoms with E-state index in [1.807, 2.05) is 0 Å². The Morgan fingerprint density at radius 3 is 1.83 bits per heavy atom. The van der Waals surface area contributed by atoms with Crippen LogP contribution in [-0.2, 0) is 24.0 Å². The van der Waals surface area contributed by atoms with Crippen molar-refractivity contribution < 1.29 is 39.3 Å². The lowest BCUT2D eigenvalue weighted by molar-refractivity contribution is -0.143. The summed E-state index contributed by atoms with van der Waals surface area (Å²) in [4.78, 5) is 58.5. The highest BCUT2D eigenvalue weighted by atomic mass is 16.4. The van der Waals surface area contributed by atoms with E-state index in [4.69, 9.17) is 21.7 Å². The lowest BCUT2D eigenvalue weighted by Crippen LogP contribution is -2.59. The molecule has 13 nitrogen and oxygen atoms in total. The second-order valence-electron chi connectivity index (χ2n) is 6.47. The quantitative estimate of drug-likeness (QED) is 0.144. The molecule has 0 spiro atoms. The van der Waals surface area contributed by atoms with E-state index < -0.39 is 79.3 Å². The molecule has 0 aliphatic carbocycles. The van der Waals surface area contributed by atoms with E-state index in [0.29, 0.717) is 6.42 Å². The zero-order chi connectivity index (χ0) is 22.7. The summed E-state index contributed by atoms with van der Waals surface area (Å²) in [7, 11) is 0. The van der Waals surface area contributed by atoms with Gasteiger partial charge in [0.25, 0.3) is 0 Å². The number of carboxylic acid groups (broad SMARTS) is 1. The van der Waals surface area contributed by atoms with Crippen LogP contribution in [0.5, 0.6) is 0 Å². The standard InChI is InChI=1S/C16H29N5O8/c1-3-7(2)12(15(27)20-10(6-23)16(28)29)21-14(26)9(5-22)19-13(25)8(17)4-11(18)24/h7-10,12,22-23H,3-6,17H2,1-2H3,(H2,18,24)(H,19,25)(H,20,27)(H,21,26)(H,28,29). The Morgan fingerprint density at radius 1 is 0.897 bits per heavy atom. The average molecular weight is 419 g/mol. The van der Waals surface area contributed by atoms with E-state index in [1.165, 1.54) is 0 Å². The molecule has 0 aromatic rings. The summed E-state index contributed by atoms with van der Waals surface area (Å²) in [6, 6.07) is -5.57. The fourth-order valence-corrected chi connectivity index (χ4v) is 2.19. The minimum atomic E-state index is -1.56. The lowest BCUT2D eigenvalue weighted by Gasteiger charge is -2.27. The Bertz CT molecular complexity index is 614. The average Bonchev–Trinajstić information content (AvgIpc) is 2.66. The van der Waals surface area contributed by atoms with Gasteiger partial charge in [-0.15, -0.1) is 0 Å². The minimum Gasteiger partial charge on any atom is -0.480 e. The lowest BCUT2D eigenvalue weighted by atomic mass is 9.97. The van der Waals surface area contributed by atoms with E-state index >= 15 is 0 Å². The number of aliphatic hydroxyl groups excluding tert-OH is 2. The summed E-state index contributed by atoms with van der Waals surface area (Å²) in [5, 5.41) is 33.9. The second kappa shape index (κ2) is 12.6. The first-order chi connectivity index (χ1) is 13.5. The Labute approximate surface area is 167 Å². The maximum Gasteiger partial charge on any atom is 0.328 e. The molecule has 0 radical (unpaired) electrons. The number of carbonyl (C=O) groups excluding carboxylic acids is 4. The molecule has 29 heavy (non-hydrogen) atoms. The van der Waals surface area contributed by atoms with Crippen molar-refractivity contribution in [3.8, 4) is 0 Å². The zero-order valence-corrected chi connectivity index (χ0v) is 16.3. The molecule has 0 saturated heterocycles. The number of nitrogens with two attached hydrogens (primary N) is 2. The van der Waals surface area contributed by atoms with Gasteiger partial charge in [0.15, 0.2) is 0 Å². The highest BCUT2D eigenvalue weighted by Crippen LogP contribution is 2.09. The minimum absolute atomic E-state index is 0.425. The van der Waals surface area contributed by atoms with Crippen LogP contribution in [0.25, 0.3) is 0 Å². The molecule has 0 aromatic heterocycles. The molecule has 4 amide bonds. The maximum absolute atomic E-state index is 12.4. The van der Waals surface area contributed by atoms with Gasteiger partial charge in [-0.2, -0.15) is 0 Å². The first kappa shape index (κ1) is 26.2. The van der Waals surface area contributed by atoms with Crippen molar-refractivity contribution in [3.63, 3.8) is 0 Å². The number of primary amides is 1. The Balaban J connectivity index is 5.23. The van der Waals surface area contributed by atoms with E-state index in [-0.39, 0.29) is 0 Å². The van der Waals surface area contributed by atoms with Gasteiger partial charge in [-0.3, -0.25) is 19.2 Å². The molecule has 10 N–H and O–H groups in total. The molecule has 0 fully saturated rings. The van der Waals surface area contributed by atoms with Crippen molar-refractivity contribution in [2.45, 2.75) is 50.9 Å². The number of hydrogen-bond acceptors (Lipinski definition) is 8. The number of hydrogen-bond donors (Lipinski definition) is 8. The van der Waals surface area contributed by atoms with Crippen molar-refractivity contribution in [2.24, 2.45) is 17.4 Å². The van der Waals surface area contributed by atoms with Crippen LogP contribution in [0.3, 0.4) is 0 Å². The summed E-state index contributed by atoms with van der Waals surface area (Å²) in [5.74, 6) is -5.43. The molecule has 166 valence electrons. The fraction of sp³-hybridized carbons (Fsp3) is 0.688. The van der Waals surface area contributed by atoms with Gasteiger partial charge in [0, 0.05) is 0 Å². The van der Waals surface area contributed by atoms with E-state index in [9.17, 15) is 29.1 Å². The van der Waals surface area contributed by atoms with E-state index in [2.05, 4.69) is 16.0 Å². The number of carbonyl (C=O) groups is 5. The van der Waals surface area contributed by atoms with Crippen LogP contribution in [0.15, 0.2) is 0 Å². The van der Waals surface area contributed by atoms with Crippen molar-refractivity contribution in [1.82, 2.24) is 16.0 Å². The summed E-state index contributed by atoms with van der Waals surface area (Å²) < 4.78 is 0. The van der Waals surface area contributed by atoms with Crippen molar-refractivity contribution in [2.75, 3.05) is 13.2 Å². The van der Waals surface area contributed by atoms with Crippen LogP contribution in [0.1, 0.15) is 26.7 Å². The number of rotatable bonds is 13. The second-order valence-corrected chi connectivity index (χ2v) is 6.47. The van der Waals surface area contributed by atoms with Crippen LogP contribution in [0, 0.1) is 5.92 Å². The first-order valence-corrected chi connectivity index (χ1v) is 8.87. The Hall–Kier alpha value is -2.77. The van der Waals surface area contributed by atoms with Crippen LogP contribution >= 0.6 is 0 Å². The smallest absolute Gasteiger partial charge is 0.328 e. The van der Waals surface area contributed by atoms with Crippen LogP contribution in [0.4, 0.5) is 0 Å². The molecule has 0 aromatic carbocycles. The third-order valence-corrected chi connectivity index (χ3v) is 4.16. The van der Waals surface area contributed by atoms with Crippen LogP contribution in [0.2, 0.25) is 0 Å². The number of amides is 4. The summed E-state index contributed by atoms with van der Waals surface area (Å²) in [6.45, 7) is 1.67. The van der Waals surface area contributed by atoms with Gasteiger partial charge in [0.2, 0.25) is 23.6 Å². The molecular weight excluding hydrogens is 390 g/mol. The third kappa shape index (κ3) is 8.85. The third-order valence-electron chi connectivity index (χ3n) is 4.16. The molecule has 0 aliphatic rings. The maximum atomic E-state index is 12.4. The zero-order valence-electron chi connectivity index (χ0n) is 16.3. The van der Waals surface area contributed by atoms with Crippen LogP contribution < -0.4 is 27.4 Å². The van der Waals surface area contributed by atoms with Gasteiger partial charge >= 0.3 is 5.97 Å². The first-order valence-electron chi connectivity index (χ1n) is 8.87. The Morgan fingerprint density at radius 2 is 1.41 bits per heavy atom. The summed E-state index contributed by atoms with van der Waals surface area (Å²) >= 11 is 0. The van der Waals surface area contributed by atoms with Gasteiger partial charge in [-0.25, -0.2) is 4.79 Å². The topological polar surface area (TPSA) is 234 Å². The predicted molar refractivity (Wildman–Crippen MR) is 98.8 cm³/mol. The molecule has 0 rings (SSSR count). The van der Waals surface area contributed by atoms with Gasteiger partial charge in [0.05, 0.1) is 25.7 Å². The number of nitrogens with one attached hydrogen (secondary N) is 3.